The van der Waals surface area contributed by atoms with Gasteiger partial charge in [0.05, 0.1) is 36.4 Å². The Balaban J connectivity index is 1.36. The van der Waals surface area contributed by atoms with Crippen LogP contribution in [0.25, 0.3) is 0 Å². The minimum absolute atomic E-state index is 0.0283. The summed E-state index contributed by atoms with van der Waals surface area (Å²) in [5.41, 5.74) is 1.86. The minimum atomic E-state index is -0.186. The van der Waals surface area contributed by atoms with Crippen LogP contribution in [0.2, 0.25) is 0 Å². The molecule has 2 unspecified atom stereocenters. The lowest BCUT2D eigenvalue weighted by molar-refractivity contribution is -0.135. The standard InChI is InChI=1S/C21H29N3O3/c1-15-6-8-24(9-7-15)21(26)17-14-16(17)20(25)22-18-4-2-3-5-19(18)23-10-12-27-13-11-23/h2-5,15-17H,6-14H2,1H3,(H,22,25). The van der Waals surface area contributed by atoms with E-state index in [1.807, 2.05) is 29.2 Å². The molecule has 1 aromatic carbocycles. The number of ether oxygens (including phenoxy) is 1. The van der Waals surface area contributed by atoms with Crippen molar-refractivity contribution in [3.8, 4) is 0 Å². The van der Waals surface area contributed by atoms with E-state index in [4.69, 9.17) is 4.74 Å². The highest BCUT2D eigenvalue weighted by atomic mass is 16.5. The number of carbonyl (C=O) groups is 2. The zero-order chi connectivity index (χ0) is 18.8. The molecule has 2 aliphatic heterocycles. The molecule has 1 saturated carbocycles. The number of amides is 2. The molecule has 0 spiro atoms. The molecule has 6 nitrogen and oxygen atoms in total. The van der Waals surface area contributed by atoms with Gasteiger partial charge in [0.1, 0.15) is 0 Å². The fourth-order valence-electron chi connectivity index (χ4n) is 4.11. The Morgan fingerprint density at radius 3 is 2.48 bits per heavy atom. The second-order valence-electron chi connectivity index (χ2n) is 8.06. The molecule has 3 aliphatic rings. The third kappa shape index (κ3) is 4.10. The zero-order valence-electron chi connectivity index (χ0n) is 16.0. The van der Waals surface area contributed by atoms with Crippen LogP contribution in [0.3, 0.4) is 0 Å². The Labute approximate surface area is 160 Å². The first-order valence-electron chi connectivity index (χ1n) is 10.1. The molecule has 1 aromatic rings. The Morgan fingerprint density at radius 2 is 1.74 bits per heavy atom. The SMILES string of the molecule is CC1CCN(C(=O)C2CC2C(=O)Nc2ccccc2N2CCOCC2)CC1. The minimum Gasteiger partial charge on any atom is -0.378 e. The summed E-state index contributed by atoms with van der Waals surface area (Å²) in [7, 11) is 0. The van der Waals surface area contributed by atoms with Gasteiger partial charge in [0.15, 0.2) is 0 Å². The first kappa shape index (κ1) is 18.3. The van der Waals surface area contributed by atoms with E-state index in [1.165, 1.54) is 0 Å². The van der Waals surface area contributed by atoms with Crippen LogP contribution in [0.1, 0.15) is 26.2 Å². The molecule has 4 rings (SSSR count). The van der Waals surface area contributed by atoms with Crippen molar-refractivity contribution in [1.29, 1.82) is 0 Å². The number of para-hydroxylation sites is 2. The quantitative estimate of drug-likeness (QED) is 0.883. The Morgan fingerprint density at radius 1 is 1.04 bits per heavy atom. The maximum Gasteiger partial charge on any atom is 0.228 e. The number of hydrogen-bond donors (Lipinski definition) is 1. The van der Waals surface area contributed by atoms with Gasteiger partial charge in [0, 0.05) is 26.2 Å². The lowest BCUT2D eigenvalue weighted by atomic mass is 9.99. The van der Waals surface area contributed by atoms with E-state index in [9.17, 15) is 9.59 Å². The van der Waals surface area contributed by atoms with Crippen LogP contribution in [0, 0.1) is 17.8 Å². The third-order valence-electron chi connectivity index (χ3n) is 6.05. The number of rotatable bonds is 4. The topological polar surface area (TPSA) is 61.9 Å². The highest BCUT2D eigenvalue weighted by molar-refractivity contribution is 6.01. The molecule has 3 fully saturated rings. The second-order valence-corrected chi connectivity index (χ2v) is 8.06. The molecule has 146 valence electrons. The van der Waals surface area contributed by atoms with Gasteiger partial charge in [-0.05, 0) is 37.3 Å². The van der Waals surface area contributed by atoms with Crippen molar-refractivity contribution in [1.82, 2.24) is 4.90 Å². The molecule has 0 radical (unpaired) electrons. The molecule has 2 amide bonds. The van der Waals surface area contributed by atoms with Gasteiger partial charge in [0.2, 0.25) is 11.8 Å². The molecular weight excluding hydrogens is 342 g/mol. The molecule has 1 aliphatic carbocycles. The van der Waals surface area contributed by atoms with E-state index in [1.54, 1.807) is 0 Å². The number of morpholine rings is 1. The van der Waals surface area contributed by atoms with Crippen molar-refractivity contribution >= 4 is 23.2 Å². The normalized spacial score (nSPS) is 26.0. The number of carbonyl (C=O) groups excluding carboxylic acids is 2. The van der Waals surface area contributed by atoms with E-state index in [0.717, 1.165) is 50.4 Å². The molecule has 2 heterocycles. The van der Waals surface area contributed by atoms with Gasteiger partial charge in [-0.2, -0.15) is 0 Å². The molecular formula is C21H29N3O3. The first-order valence-corrected chi connectivity index (χ1v) is 10.1. The van der Waals surface area contributed by atoms with Gasteiger partial charge in [-0.15, -0.1) is 0 Å². The van der Waals surface area contributed by atoms with Gasteiger partial charge in [0.25, 0.3) is 0 Å². The number of likely N-dealkylation sites (tertiary alicyclic amines) is 1. The van der Waals surface area contributed by atoms with Crippen molar-refractivity contribution in [2.75, 3.05) is 49.6 Å². The van der Waals surface area contributed by atoms with Crippen molar-refractivity contribution < 1.29 is 14.3 Å². The first-order chi connectivity index (χ1) is 13.1. The summed E-state index contributed by atoms with van der Waals surface area (Å²) >= 11 is 0. The summed E-state index contributed by atoms with van der Waals surface area (Å²) in [4.78, 5) is 29.6. The number of hydrogen-bond acceptors (Lipinski definition) is 4. The molecule has 1 N–H and O–H groups in total. The van der Waals surface area contributed by atoms with E-state index >= 15 is 0 Å². The lowest BCUT2D eigenvalue weighted by Crippen LogP contribution is -2.39. The predicted molar refractivity (Wildman–Crippen MR) is 105 cm³/mol. The number of piperidine rings is 1. The fraction of sp³-hybridized carbons (Fsp3) is 0.619. The monoisotopic (exact) mass is 371 g/mol. The average molecular weight is 371 g/mol. The van der Waals surface area contributed by atoms with E-state index in [-0.39, 0.29) is 23.7 Å². The predicted octanol–water partition coefficient (Wildman–Crippen LogP) is 2.36. The smallest absolute Gasteiger partial charge is 0.228 e. The molecule has 27 heavy (non-hydrogen) atoms. The summed E-state index contributed by atoms with van der Waals surface area (Å²) in [5, 5.41) is 3.07. The van der Waals surface area contributed by atoms with Crippen LogP contribution >= 0.6 is 0 Å². The van der Waals surface area contributed by atoms with E-state index in [0.29, 0.717) is 25.6 Å². The van der Waals surface area contributed by atoms with Crippen LogP contribution in [0.4, 0.5) is 11.4 Å². The molecule has 0 aromatic heterocycles. The maximum absolute atomic E-state index is 12.7. The number of nitrogens with zero attached hydrogens (tertiary/aromatic N) is 2. The summed E-state index contributed by atoms with van der Waals surface area (Å²) in [6.07, 6.45) is 2.82. The van der Waals surface area contributed by atoms with E-state index in [2.05, 4.69) is 17.1 Å². The van der Waals surface area contributed by atoms with Gasteiger partial charge >= 0.3 is 0 Å². The van der Waals surface area contributed by atoms with Crippen molar-refractivity contribution in [3.05, 3.63) is 24.3 Å². The Kier molecular flexibility index (Phi) is 5.34. The number of benzene rings is 1. The van der Waals surface area contributed by atoms with Gasteiger partial charge in [-0.3, -0.25) is 9.59 Å². The van der Waals surface area contributed by atoms with Crippen molar-refractivity contribution in [3.63, 3.8) is 0 Å². The summed E-state index contributed by atoms with van der Waals surface area (Å²) in [6, 6.07) is 7.89. The molecule has 6 heteroatoms. The Bertz CT molecular complexity index is 694. The highest BCUT2D eigenvalue weighted by Gasteiger charge is 2.49. The Hall–Kier alpha value is -2.08. The van der Waals surface area contributed by atoms with Gasteiger partial charge in [-0.25, -0.2) is 0 Å². The fourth-order valence-corrected chi connectivity index (χ4v) is 4.11. The van der Waals surface area contributed by atoms with Crippen LogP contribution in [-0.4, -0.2) is 56.1 Å². The summed E-state index contributed by atoms with van der Waals surface area (Å²) < 4.78 is 5.42. The average Bonchev–Trinajstić information content (AvgIpc) is 3.50. The number of nitrogens with one attached hydrogen (secondary N) is 1. The molecule has 2 atom stereocenters. The van der Waals surface area contributed by atoms with Crippen molar-refractivity contribution in [2.45, 2.75) is 26.2 Å². The van der Waals surface area contributed by atoms with Gasteiger partial charge < -0.3 is 19.9 Å². The van der Waals surface area contributed by atoms with Crippen LogP contribution < -0.4 is 10.2 Å². The summed E-state index contributed by atoms with van der Waals surface area (Å²) in [5.74, 6) is 0.524. The van der Waals surface area contributed by atoms with Crippen molar-refractivity contribution in [2.24, 2.45) is 17.8 Å². The second kappa shape index (κ2) is 7.89. The zero-order valence-corrected chi connectivity index (χ0v) is 16.0. The van der Waals surface area contributed by atoms with Crippen LogP contribution in [0.5, 0.6) is 0 Å². The van der Waals surface area contributed by atoms with Crippen LogP contribution in [-0.2, 0) is 14.3 Å². The third-order valence-corrected chi connectivity index (χ3v) is 6.05. The lowest BCUT2D eigenvalue weighted by Gasteiger charge is -2.31. The largest absolute Gasteiger partial charge is 0.378 e. The summed E-state index contributed by atoms with van der Waals surface area (Å²) in [6.45, 7) is 6.97. The molecule has 0 bridgehead atoms. The number of anilines is 2. The molecule has 2 saturated heterocycles. The highest BCUT2D eigenvalue weighted by Crippen LogP contribution is 2.42. The van der Waals surface area contributed by atoms with Gasteiger partial charge in [-0.1, -0.05) is 19.1 Å². The van der Waals surface area contributed by atoms with E-state index < -0.39 is 0 Å². The van der Waals surface area contributed by atoms with Crippen LogP contribution in [0.15, 0.2) is 24.3 Å². The maximum atomic E-state index is 12.7.